The number of carbonyl (C=O) groups excluding carboxylic acids is 3. The fourth-order valence-corrected chi connectivity index (χ4v) is 7.39. The number of imidazole rings is 2. The number of halogens is 3. The highest BCUT2D eigenvalue weighted by molar-refractivity contribution is 5.86. The molecule has 4 heterocycles. The van der Waals surface area contributed by atoms with Crippen molar-refractivity contribution in [3.63, 3.8) is 0 Å². The van der Waals surface area contributed by atoms with Gasteiger partial charge in [-0.05, 0) is 61.3 Å². The SMILES string of the molecule is COC(=O)N[C@@H](C)C(=O)N1CCC[C@H]1c1nc(C(F)(F)F)c(-c2ccc(-c3ccc(-c4cnc([C@@H]5CCCCN5C(=O)OCc5ccccc5)[nH]4)cc3)cc2)[nH]1. The molecule has 0 aliphatic carbocycles. The molecule has 2 aliphatic heterocycles. The molecule has 5 aromatic rings. The number of aromatic amines is 2. The first-order chi connectivity index (χ1) is 27.0. The minimum atomic E-state index is -4.75. The van der Waals surface area contributed by atoms with Crippen molar-refractivity contribution >= 4 is 18.1 Å². The first kappa shape index (κ1) is 38.2. The number of amides is 3. The van der Waals surface area contributed by atoms with Crippen LogP contribution in [0.2, 0.25) is 0 Å². The Morgan fingerprint density at radius 2 is 1.45 bits per heavy atom. The van der Waals surface area contributed by atoms with Crippen LogP contribution in [-0.4, -0.2) is 74.1 Å². The molecule has 0 unspecified atom stereocenters. The van der Waals surface area contributed by atoms with Crippen LogP contribution in [0.5, 0.6) is 0 Å². The number of hydrogen-bond acceptors (Lipinski definition) is 7. The molecular formula is C41H42F3N7O5. The number of ether oxygens (including phenoxy) is 2. The van der Waals surface area contributed by atoms with Gasteiger partial charge in [-0.15, -0.1) is 0 Å². The summed E-state index contributed by atoms with van der Waals surface area (Å²) in [5.74, 6) is 0.276. The van der Waals surface area contributed by atoms with E-state index in [4.69, 9.17) is 4.74 Å². The number of rotatable bonds is 9. The summed E-state index contributed by atoms with van der Waals surface area (Å²) in [5, 5.41) is 2.42. The Labute approximate surface area is 321 Å². The van der Waals surface area contributed by atoms with Gasteiger partial charge in [0.15, 0.2) is 5.69 Å². The highest BCUT2D eigenvalue weighted by atomic mass is 19.4. The quantitative estimate of drug-likeness (QED) is 0.137. The monoisotopic (exact) mass is 769 g/mol. The maximum absolute atomic E-state index is 14.3. The van der Waals surface area contributed by atoms with E-state index in [2.05, 4.69) is 30.0 Å². The third kappa shape index (κ3) is 8.26. The lowest BCUT2D eigenvalue weighted by molar-refractivity contribution is -0.140. The number of nitrogens with zero attached hydrogens (tertiary/aromatic N) is 4. The highest BCUT2D eigenvalue weighted by Crippen LogP contribution is 2.40. The summed E-state index contributed by atoms with van der Waals surface area (Å²) in [7, 11) is 1.18. The number of carbonyl (C=O) groups is 3. The smallest absolute Gasteiger partial charge is 0.435 e. The summed E-state index contributed by atoms with van der Waals surface area (Å²) < 4.78 is 53.2. The van der Waals surface area contributed by atoms with Crippen molar-refractivity contribution in [3.05, 3.63) is 108 Å². The highest BCUT2D eigenvalue weighted by Gasteiger charge is 2.41. The van der Waals surface area contributed by atoms with E-state index >= 15 is 0 Å². The van der Waals surface area contributed by atoms with Crippen molar-refractivity contribution < 1.29 is 37.0 Å². The molecule has 3 aromatic carbocycles. The van der Waals surface area contributed by atoms with Gasteiger partial charge in [0, 0.05) is 18.7 Å². The van der Waals surface area contributed by atoms with Crippen molar-refractivity contribution in [1.82, 2.24) is 35.1 Å². The normalized spacial score (nSPS) is 17.7. The van der Waals surface area contributed by atoms with E-state index in [0.717, 1.165) is 47.2 Å². The van der Waals surface area contributed by atoms with Crippen LogP contribution in [0.15, 0.2) is 85.1 Å². The number of benzene rings is 3. The third-order valence-electron chi connectivity index (χ3n) is 10.3. The van der Waals surface area contributed by atoms with Gasteiger partial charge in [-0.3, -0.25) is 9.69 Å². The summed E-state index contributed by atoms with van der Waals surface area (Å²) >= 11 is 0. The minimum Gasteiger partial charge on any atom is -0.453 e. The number of methoxy groups -OCH3 is 1. The average Bonchev–Trinajstić information content (AvgIpc) is 4.01. The molecule has 2 saturated heterocycles. The van der Waals surface area contributed by atoms with Crippen molar-refractivity contribution in [2.75, 3.05) is 20.2 Å². The molecule has 3 atom stereocenters. The summed E-state index contributed by atoms with van der Waals surface area (Å²) in [5.41, 5.74) is 3.28. The Morgan fingerprint density at radius 1 is 0.821 bits per heavy atom. The number of nitrogens with one attached hydrogen (secondary N) is 3. The zero-order valence-corrected chi connectivity index (χ0v) is 30.9. The van der Waals surface area contributed by atoms with Crippen LogP contribution in [0.25, 0.3) is 33.6 Å². The first-order valence-corrected chi connectivity index (χ1v) is 18.6. The molecule has 0 saturated carbocycles. The number of aromatic nitrogens is 4. The fourth-order valence-electron chi connectivity index (χ4n) is 7.39. The second-order valence-electron chi connectivity index (χ2n) is 14.0. The first-order valence-electron chi connectivity index (χ1n) is 18.6. The van der Waals surface area contributed by atoms with Crippen LogP contribution < -0.4 is 5.32 Å². The maximum Gasteiger partial charge on any atom is 0.435 e. The lowest BCUT2D eigenvalue weighted by Gasteiger charge is -2.33. The predicted molar refractivity (Wildman–Crippen MR) is 201 cm³/mol. The second kappa shape index (κ2) is 16.3. The van der Waals surface area contributed by atoms with Crippen molar-refractivity contribution in [1.29, 1.82) is 0 Å². The molecule has 0 bridgehead atoms. The van der Waals surface area contributed by atoms with Crippen LogP contribution in [0.1, 0.15) is 74.0 Å². The number of alkyl halides is 3. The number of alkyl carbamates (subject to hydrolysis) is 1. The molecule has 15 heteroatoms. The standard InChI is InChI=1S/C41H42F3N7O5/c1-25(46-39(53)55-2)38(52)50-22-8-12-33(50)37-48-34(35(49-37)41(42,43)44)30-19-15-28(16-20-30)27-13-17-29(18-14-27)31-23-45-36(47-31)32-11-6-7-21-51(32)40(54)56-24-26-9-4-3-5-10-26/h3-5,9-10,13-20,23,25,32-33H,6-8,11-12,21-22,24H2,1-2H3,(H,45,47)(H,46,53)(H,48,49)/t25-,32-,33-/m0/s1. The number of H-pyrrole nitrogens is 2. The molecule has 0 spiro atoms. The van der Waals surface area contributed by atoms with Crippen LogP contribution in [-0.2, 0) is 27.1 Å². The predicted octanol–water partition coefficient (Wildman–Crippen LogP) is 8.42. The molecule has 3 N–H and O–H groups in total. The molecule has 56 heavy (non-hydrogen) atoms. The van der Waals surface area contributed by atoms with E-state index < -0.39 is 36.0 Å². The largest absolute Gasteiger partial charge is 0.453 e. The molecule has 0 radical (unpaired) electrons. The molecule has 2 aromatic heterocycles. The summed E-state index contributed by atoms with van der Waals surface area (Å²) in [6.07, 6.45) is -0.555. The lowest BCUT2D eigenvalue weighted by Crippen LogP contribution is -2.46. The van der Waals surface area contributed by atoms with Gasteiger partial charge in [-0.1, -0.05) is 78.9 Å². The molecule has 292 valence electrons. The molecule has 12 nitrogen and oxygen atoms in total. The van der Waals surface area contributed by atoms with E-state index in [0.29, 0.717) is 37.3 Å². The van der Waals surface area contributed by atoms with Gasteiger partial charge in [0.2, 0.25) is 5.91 Å². The molecular weight excluding hydrogens is 727 g/mol. The summed E-state index contributed by atoms with van der Waals surface area (Å²) in [6.45, 7) is 2.58. The van der Waals surface area contributed by atoms with Crippen molar-refractivity contribution in [2.24, 2.45) is 0 Å². The Balaban J connectivity index is 1.04. The zero-order valence-electron chi connectivity index (χ0n) is 30.9. The molecule has 2 aliphatic rings. The number of hydrogen-bond donors (Lipinski definition) is 3. The Kier molecular flexibility index (Phi) is 11.1. The van der Waals surface area contributed by atoms with Gasteiger partial charge in [0.05, 0.1) is 36.8 Å². The Hall–Kier alpha value is -6.12. The van der Waals surface area contributed by atoms with Gasteiger partial charge in [0.25, 0.3) is 0 Å². The molecule has 2 fully saturated rings. The van der Waals surface area contributed by atoms with Crippen LogP contribution in [0.4, 0.5) is 22.8 Å². The van der Waals surface area contributed by atoms with Gasteiger partial charge < -0.3 is 29.7 Å². The van der Waals surface area contributed by atoms with Crippen molar-refractivity contribution in [2.45, 2.75) is 69.9 Å². The lowest BCUT2D eigenvalue weighted by atomic mass is 10.0. The van der Waals surface area contributed by atoms with E-state index in [1.54, 1.807) is 35.4 Å². The molecule has 7 rings (SSSR count). The Morgan fingerprint density at radius 3 is 2.12 bits per heavy atom. The Bertz CT molecular complexity index is 2150. The third-order valence-corrected chi connectivity index (χ3v) is 10.3. The summed E-state index contributed by atoms with van der Waals surface area (Å²) in [4.78, 5) is 56.0. The average molecular weight is 770 g/mol. The molecule has 3 amide bonds. The van der Waals surface area contributed by atoms with E-state index in [1.165, 1.54) is 18.9 Å². The summed E-state index contributed by atoms with van der Waals surface area (Å²) in [6, 6.07) is 22.1. The topological polar surface area (TPSA) is 146 Å². The van der Waals surface area contributed by atoms with E-state index in [-0.39, 0.29) is 30.3 Å². The number of piperidine rings is 1. The van der Waals surface area contributed by atoms with Crippen LogP contribution in [0.3, 0.4) is 0 Å². The number of likely N-dealkylation sites (tertiary alicyclic amines) is 2. The van der Waals surface area contributed by atoms with Crippen molar-refractivity contribution in [3.8, 4) is 33.6 Å². The van der Waals surface area contributed by atoms with Gasteiger partial charge in [-0.25, -0.2) is 19.6 Å². The fraction of sp³-hybridized carbons (Fsp3) is 0.341. The van der Waals surface area contributed by atoms with Gasteiger partial charge >= 0.3 is 18.4 Å². The zero-order chi connectivity index (χ0) is 39.4. The van der Waals surface area contributed by atoms with Crippen LogP contribution >= 0.6 is 0 Å². The maximum atomic E-state index is 14.3. The van der Waals surface area contributed by atoms with Gasteiger partial charge in [-0.2, -0.15) is 13.2 Å². The second-order valence-corrected chi connectivity index (χ2v) is 14.0. The van der Waals surface area contributed by atoms with E-state index in [9.17, 15) is 27.6 Å². The minimum absolute atomic E-state index is 0.0317. The van der Waals surface area contributed by atoms with Crippen LogP contribution in [0, 0.1) is 0 Å². The van der Waals surface area contributed by atoms with Gasteiger partial charge in [0.1, 0.15) is 24.3 Å². The van der Waals surface area contributed by atoms with E-state index in [1.807, 2.05) is 54.6 Å².